The molecule has 0 amide bonds. The molecule has 0 aromatic carbocycles. The maximum Gasteiger partial charge on any atom is 0.00989 e. The SMILES string of the molecule is CCCCCCCCC(NCC)C1CC2CCC(C1)N2C. The second kappa shape index (κ2) is 9.15. The summed E-state index contributed by atoms with van der Waals surface area (Å²) in [5, 5.41) is 3.82. The van der Waals surface area contributed by atoms with E-state index in [0.717, 1.165) is 30.6 Å². The Labute approximate surface area is 133 Å². The fourth-order valence-electron chi connectivity index (χ4n) is 4.69. The van der Waals surface area contributed by atoms with Gasteiger partial charge in [0.25, 0.3) is 0 Å². The van der Waals surface area contributed by atoms with E-state index in [1.54, 1.807) is 0 Å². The van der Waals surface area contributed by atoms with Crippen LogP contribution in [0.1, 0.15) is 84.5 Å². The van der Waals surface area contributed by atoms with Gasteiger partial charge < -0.3 is 10.2 Å². The third-order valence-corrected chi connectivity index (χ3v) is 6.04. The van der Waals surface area contributed by atoms with Crippen LogP contribution in [-0.4, -0.2) is 36.6 Å². The summed E-state index contributed by atoms with van der Waals surface area (Å²) in [4.78, 5) is 2.67. The van der Waals surface area contributed by atoms with E-state index in [1.807, 2.05) is 0 Å². The molecule has 0 aromatic heterocycles. The third kappa shape index (κ3) is 4.96. The number of rotatable bonds is 10. The number of unbranched alkanes of at least 4 members (excludes halogenated alkanes) is 5. The Bertz CT molecular complexity index is 265. The topological polar surface area (TPSA) is 15.3 Å². The molecule has 2 bridgehead atoms. The van der Waals surface area contributed by atoms with E-state index < -0.39 is 0 Å². The van der Waals surface area contributed by atoms with E-state index in [2.05, 4.69) is 31.1 Å². The van der Waals surface area contributed by atoms with Crippen molar-refractivity contribution in [2.24, 2.45) is 5.92 Å². The molecule has 2 heteroatoms. The van der Waals surface area contributed by atoms with E-state index in [1.165, 1.54) is 70.6 Å². The van der Waals surface area contributed by atoms with Crippen LogP contribution in [0.3, 0.4) is 0 Å². The summed E-state index contributed by atoms with van der Waals surface area (Å²) >= 11 is 0. The fourth-order valence-corrected chi connectivity index (χ4v) is 4.69. The predicted molar refractivity (Wildman–Crippen MR) is 92.8 cm³/mol. The van der Waals surface area contributed by atoms with Gasteiger partial charge in [0.15, 0.2) is 0 Å². The summed E-state index contributed by atoms with van der Waals surface area (Å²) in [7, 11) is 2.36. The monoisotopic (exact) mass is 294 g/mol. The van der Waals surface area contributed by atoms with Crippen LogP contribution in [0.15, 0.2) is 0 Å². The van der Waals surface area contributed by atoms with Crippen LogP contribution in [0.2, 0.25) is 0 Å². The molecule has 2 nitrogen and oxygen atoms in total. The first kappa shape index (κ1) is 17.3. The Morgan fingerprint density at radius 1 is 0.952 bits per heavy atom. The molecule has 2 heterocycles. The molecule has 0 radical (unpaired) electrons. The van der Waals surface area contributed by atoms with Crippen LogP contribution in [-0.2, 0) is 0 Å². The van der Waals surface area contributed by atoms with E-state index >= 15 is 0 Å². The molecule has 0 aromatic rings. The van der Waals surface area contributed by atoms with Crippen LogP contribution in [0, 0.1) is 5.92 Å². The quantitative estimate of drug-likeness (QED) is 0.593. The lowest BCUT2D eigenvalue weighted by molar-refractivity contribution is 0.110. The maximum atomic E-state index is 3.82. The van der Waals surface area contributed by atoms with Crippen molar-refractivity contribution in [2.45, 2.75) is 103 Å². The van der Waals surface area contributed by atoms with Crippen LogP contribution in [0.25, 0.3) is 0 Å². The summed E-state index contributed by atoms with van der Waals surface area (Å²) in [6.07, 6.45) is 15.8. The van der Waals surface area contributed by atoms with E-state index in [0.29, 0.717) is 0 Å². The standard InChI is InChI=1S/C19H38N2/c1-4-6-7-8-9-10-11-19(20-5-2)16-14-17-12-13-18(15-16)21(17)3/h16-20H,4-15H2,1-3H3. The van der Waals surface area contributed by atoms with Crippen LogP contribution >= 0.6 is 0 Å². The molecule has 1 N–H and O–H groups in total. The van der Waals surface area contributed by atoms with Gasteiger partial charge >= 0.3 is 0 Å². The zero-order valence-corrected chi connectivity index (χ0v) is 14.7. The average Bonchev–Trinajstić information content (AvgIpc) is 2.71. The minimum absolute atomic E-state index is 0.790. The maximum absolute atomic E-state index is 3.82. The number of hydrogen-bond acceptors (Lipinski definition) is 2. The van der Waals surface area contributed by atoms with Crippen molar-refractivity contribution in [1.82, 2.24) is 10.2 Å². The van der Waals surface area contributed by atoms with Crippen molar-refractivity contribution < 1.29 is 0 Å². The first-order valence-corrected chi connectivity index (χ1v) is 9.71. The zero-order chi connectivity index (χ0) is 15.1. The molecular formula is C19H38N2. The van der Waals surface area contributed by atoms with Crippen molar-refractivity contribution in [3.8, 4) is 0 Å². The summed E-state index contributed by atoms with van der Waals surface area (Å²) in [5.41, 5.74) is 0. The molecule has 2 aliphatic rings. The van der Waals surface area contributed by atoms with E-state index in [4.69, 9.17) is 0 Å². The van der Waals surface area contributed by atoms with Gasteiger partial charge in [-0.15, -0.1) is 0 Å². The van der Waals surface area contributed by atoms with Gasteiger partial charge in [-0.05, 0) is 51.6 Å². The molecule has 2 saturated heterocycles. The highest BCUT2D eigenvalue weighted by atomic mass is 15.2. The molecule has 2 fully saturated rings. The van der Waals surface area contributed by atoms with Gasteiger partial charge in [0.1, 0.15) is 0 Å². The number of hydrogen-bond donors (Lipinski definition) is 1. The van der Waals surface area contributed by atoms with Crippen molar-refractivity contribution in [1.29, 1.82) is 0 Å². The van der Waals surface area contributed by atoms with Gasteiger partial charge in [-0.3, -0.25) is 0 Å². The summed E-state index contributed by atoms with van der Waals surface area (Å²) in [5.74, 6) is 0.939. The lowest BCUT2D eigenvalue weighted by atomic mass is 9.83. The fraction of sp³-hybridized carbons (Fsp3) is 1.00. The Morgan fingerprint density at radius 3 is 2.19 bits per heavy atom. The summed E-state index contributed by atoms with van der Waals surface area (Å²) in [6.45, 7) is 5.72. The van der Waals surface area contributed by atoms with Crippen LogP contribution in [0.5, 0.6) is 0 Å². The Balaban J connectivity index is 1.71. The second-order valence-corrected chi connectivity index (χ2v) is 7.50. The smallest absolute Gasteiger partial charge is 0.00989 e. The van der Waals surface area contributed by atoms with Gasteiger partial charge in [0.2, 0.25) is 0 Å². The molecule has 0 aliphatic carbocycles. The van der Waals surface area contributed by atoms with E-state index in [9.17, 15) is 0 Å². The zero-order valence-electron chi connectivity index (χ0n) is 14.7. The van der Waals surface area contributed by atoms with Gasteiger partial charge in [-0.1, -0.05) is 52.4 Å². The molecule has 0 saturated carbocycles. The predicted octanol–water partition coefficient (Wildman–Crippen LogP) is 4.59. The third-order valence-electron chi connectivity index (χ3n) is 6.04. The number of nitrogens with zero attached hydrogens (tertiary/aromatic N) is 1. The second-order valence-electron chi connectivity index (χ2n) is 7.50. The largest absolute Gasteiger partial charge is 0.314 e. The van der Waals surface area contributed by atoms with Crippen molar-refractivity contribution in [3.63, 3.8) is 0 Å². The first-order valence-electron chi connectivity index (χ1n) is 9.71. The summed E-state index contributed by atoms with van der Waals surface area (Å²) in [6, 6.07) is 2.57. The molecule has 21 heavy (non-hydrogen) atoms. The highest BCUT2D eigenvalue weighted by molar-refractivity contribution is 4.96. The molecular weight excluding hydrogens is 256 g/mol. The lowest BCUT2D eigenvalue weighted by Crippen LogP contribution is -2.47. The molecule has 3 atom stereocenters. The lowest BCUT2D eigenvalue weighted by Gasteiger charge is -2.40. The van der Waals surface area contributed by atoms with Gasteiger partial charge in [-0.2, -0.15) is 0 Å². The highest BCUT2D eigenvalue weighted by Gasteiger charge is 2.40. The highest BCUT2D eigenvalue weighted by Crippen LogP contribution is 2.39. The minimum atomic E-state index is 0.790. The molecule has 0 spiro atoms. The van der Waals surface area contributed by atoms with Crippen molar-refractivity contribution in [3.05, 3.63) is 0 Å². The van der Waals surface area contributed by atoms with Gasteiger partial charge in [0, 0.05) is 18.1 Å². The van der Waals surface area contributed by atoms with Crippen LogP contribution < -0.4 is 5.32 Å². The number of piperidine rings is 1. The number of fused-ring (bicyclic) bond motifs is 2. The van der Waals surface area contributed by atoms with Crippen LogP contribution in [0.4, 0.5) is 0 Å². The molecule has 124 valence electrons. The van der Waals surface area contributed by atoms with Crippen molar-refractivity contribution >= 4 is 0 Å². The molecule has 3 unspecified atom stereocenters. The van der Waals surface area contributed by atoms with E-state index in [-0.39, 0.29) is 0 Å². The first-order chi connectivity index (χ1) is 10.3. The minimum Gasteiger partial charge on any atom is -0.314 e. The Hall–Kier alpha value is -0.0800. The summed E-state index contributed by atoms with van der Waals surface area (Å²) < 4.78 is 0. The Morgan fingerprint density at radius 2 is 1.57 bits per heavy atom. The van der Waals surface area contributed by atoms with Crippen molar-refractivity contribution in [2.75, 3.05) is 13.6 Å². The average molecular weight is 295 g/mol. The van der Waals surface area contributed by atoms with Gasteiger partial charge in [-0.25, -0.2) is 0 Å². The normalized spacial score (nSPS) is 30.7. The molecule has 2 rings (SSSR count). The Kier molecular flexibility index (Phi) is 7.53. The van der Waals surface area contributed by atoms with Gasteiger partial charge in [0.05, 0.1) is 0 Å². The molecule has 2 aliphatic heterocycles. The number of nitrogens with one attached hydrogen (secondary N) is 1.